The first-order chi connectivity index (χ1) is 9.15. The van der Waals surface area contributed by atoms with E-state index in [0.29, 0.717) is 6.54 Å². The molecule has 0 spiro atoms. The zero-order valence-electron chi connectivity index (χ0n) is 10.6. The number of carbonyl (C=O) groups excluding carboxylic acids is 2. The molecule has 1 aromatic carbocycles. The van der Waals surface area contributed by atoms with Crippen LogP contribution in [0.3, 0.4) is 0 Å². The van der Waals surface area contributed by atoms with Crippen LogP contribution in [-0.4, -0.2) is 29.8 Å². The predicted molar refractivity (Wildman–Crippen MR) is 69.2 cm³/mol. The lowest BCUT2D eigenvalue weighted by Crippen LogP contribution is -2.36. The van der Waals surface area contributed by atoms with Crippen LogP contribution in [0.1, 0.15) is 12.2 Å². The van der Waals surface area contributed by atoms with E-state index in [9.17, 15) is 9.59 Å². The van der Waals surface area contributed by atoms with Crippen molar-refractivity contribution in [1.29, 1.82) is 0 Å². The number of likely N-dealkylation sites (N-methyl/N-ethyl adjacent to an activating group) is 1. The van der Waals surface area contributed by atoms with E-state index in [1.807, 2.05) is 30.3 Å². The molecule has 0 bridgehead atoms. The minimum atomic E-state index is -0.439. The fourth-order valence-corrected chi connectivity index (χ4v) is 2.26. The quantitative estimate of drug-likeness (QED) is 0.842. The molecule has 19 heavy (non-hydrogen) atoms. The van der Waals surface area contributed by atoms with E-state index >= 15 is 0 Å². The highest BCUT2D eigenvalue weighted by atomic mass is 16.3. The largest absolute Gasteiger partial charge is 0.460 e. The molecule has 0 radical (unpaired) electrons. The molecule has 2 heterocycles. The maximum Gasteiger partial charge on any atom is 0.246 e. The molecule has 1 atom stereocenters. The topological polar surface area (TPSA) is 62.6 Å². The Bertz CT molecular complexity index is 614. The Morgan fingerprint density at radius 2 is 2.16 bits per heavy atom. The van der Waals surface area contributed by atoms with Crippen LogP contribution >= 0.6 is 0 Å². The van der Waals surface area contributed by atoms with Gasteiger partial charge in [-0.05, 0) is 12.1 Å². The Kier molecular flexibility index (Phi) is 2.83. The predicted octanol–water partition coefficient (Wildman–Crippen LogP) is 1.28. The van der Waals surface area contributed by atoms with E-state index in [1.165, 1.54) is 7.05 Å². The Balaban J connectivity index is 1.69. The van der Waals surface area contributed by atoms with Crippen molar-refractivity contribution < 1.29 is 14.0 Å². The highest BCUT2D eigenvalue weighted by molar-refractivity contribution is 6.05. The summed E-state index contributed by atoms with van der Waals surface area (Å²) in [6, 6.07) is 9.23. The van der Waals surface area contributed by atoms with Crippen molar-refractivity contribution in [2.75, 3.05) is 7.05 Å². The summed E-state index contributed by atoms with van der Waals surface area (Å²) in [6.45, 7) is 0.437. The van der Waals surface area contributed by atoms with E-state index in [0.717, 1.165) is 21.6 Å². The van der Waals surface area contributed by atoms with Crippen LogP contribution in [-0.2, 0) is 16.1 Å². The monoisotopic (exact) mass is 258 g/mol. The second-order valence-corrected chi connectivity index (χ2v) is 4.68. The molecule has 3 rings (SSSR count). The average molecular weight is 258 g/mol. The van der Waals surface area contributed by atoms with Crippen LogP contribution in [0.5, 0.6) is 0 Å². The van der Waals surface area contributed by atoms with Gasteiger partial charge in [0.2, 0.25) is 11.8 Å². The Hall–Kier alpha value is -2.14. The first-order valence-corrected chi connectivity index (χ1v) is 6.16. The second kappa shape index (κ2) is 4.51. The Morgan fingerprint density at radius 3 is 2.84 bits per heavy atom. The number of nitrogens with one attached hydrogen (secondary N) is 1. The standard InChI is InChI=1S/C14H14N2O3/c1-16-13(17)7-11(14(16)18)15-8-10-6-9-4-2-3-5-12(9)19-10/h2-6,11,15H,7-8H2,1H3. The number of imide groups is 1. The smallest absolute Gasteiger partial charge is 0.246 e. The molecule has 1 aliphatic rings. The highest BCUT2D eigenvalue weighted by Crippen LogP contribution is 2.19. The van der Waals surface area contributed by atoms with Gasteiger partial charge in [0, 0.05) is 12.4 Å². The molecule has 1 aliphatic heterocycles. The Labute approximate surface area is 110 Å². The van der Waals surface area contributed by atoms with Gasteiger partial charge < -0.3 is 4.42 Å². The number of hydrogen-bond acceptors (Lipinski definition) is 4. The summed E-state index contributed by atoms with van der Waals surface area (Å²) in [5, 5.41) is 4.10. The minimum absolute atomic E-state index is 0.146. The van der Waals surface area contributed by atoms with Gasteiger partial charge in [0.1, 0.15) is 11.3 Å². The molecule has 1 N–H and O–H groups in total. The molecule has 0 aliphatic carbocycles. The van der Waals surface area contributed by atoms with E-state index in [-0.39, 0.29) is 18.2 Å². The number of carbonyl (C=O) groups is 2. The molecule has 2 aromatic rings. The van der Waals surface area contributed by atoms with Crippen LogP contribution in [0.15, 0.2) is 34.7 Å². The van der Waals surface area contributed by atoms with Crippen molar-refractivity contribution in [2.45, 2.75) is 19.0 Å². The summed E-state index contributed by atoms with van der Waals surface area (Å²) in [6.07, 6.45) is 0.218. The Morgan fingerprint density at radius 1 is 1.37 bits per heavy atom. The summed E-state index contributed by atoms with van der Waals surface area (Å²) in [7, 11) is 1.51. The van der Waals surface area contributed by atoms with Crippen molar-refractivity contribution in [3.8, 4) is 0 Å². The van der Waals surface area contributed by atoms with Gasteiger partial charge in [-0.1, -0.05) is 18.2 Å². The number of nitrogens with zero attached hydrogens (tertiary/aromatic N) is 1. The fraction of sp³-hybridized carbons (Fsp3) is 0.286. The summed E-state index contributed by atoms with van der Waals surface area (Å²) >= 11 is 0. The van der Waals surface area contributed by atoms with Crippen LogP contribution in [0.2, 0.25) is 0 Å². The number of rotatable bonds is 3. The number of likely N-dealkylation sites (tertiary alicyclic amines) is 1. The zero-order chi connectivity index (χ0) is 13.4. The van der Waals surface area contributed by atoms with E-state index in [1.54, 1.807) is 0 Å². The van der Waals surface area contributed by atoms with Gasteiger partial charge in [0.15, 0.2) is 0 Å². The fourth-order valence-electron chi connectivity index (χ4n) is 2.26. The first kappa shape index (κ1) is 11.9. The number of para-hydroxylation sites is 1. The van der Waals surface area contributed by atoms with Crippen LogP contribution in [0.4, 0.5) is 0 Å². The van der Waals surface area contributed by atoms with E-state index in [2.05, 4.69) is 5.32 Å². The third-order valence-electron chi connectivity index (χ3n) is 3.38. The molecule has 2 amide bonds. The molecule has 5 nitrogen and oxygen atoms in total. The van der Waals surface area contributed by atoms with Crippen molar-refractivity contribution in [3.63, 3.8) is 0 Å². The average Bonchev–Trinajstić information content (AvgIpc) is 2.93. The van der Waals surface area contributed by atoms with Crippen molar-refractivity contribution in [3.05, 3.63) is 36.1 Å². The third-order valence-corrected chi connectivity index (χ3v) is 3.38. The normalized spacial score (nSPS) is 19.6. The van der Waals surface area contributed by atoms with Crippen molar-refractivity contribution >= 4 is 22.8 Å². The highest BCUT2D eigenvalue weighted by Gasteiger charge is 2.35. The minimum Gasteiger partial charge on any atom is -0.460 e. The molecule has 98 valence electrons. The summed E-state index contributed by atoms with van der Waals surface area (Å²) in [5.41, 5.74) is 0.824. The second-order valence-electron chi connectivity index (χ2n) is 4.68. The zero-order valence-corrected chi connectivity index (χ0v) is 10.6. The van der Waals surface area contributed by atoms with Crippen LogP contribution < -0.4 is 5.32 Å². The van der Waals surface area contributed by atoms with Crippen molar-refractivity contribution in [1.82, 2.24) is 10.2 Å². The van der Waals surface area contributed by atoms with Crippen LogP contribution in [0, 0.1) is 0 Å². The van der Waals surface area contributed by atoms with Gasteiger partial charge >= 0.3 is 0 Å². The van der Waals surface area contributed by atoms with Gasteiger partial charge in [0.25, 0.3) is 0 Å². The van der Waals surface area contributed by atoms with E-state index < -0.39 is 6.04 Å². The maximum absolute atomic E-state index is 11.7. The maximum atomic E-state index is 11.7. The van der Waals surface area contributed by atoms with Gasteiger partial charge in [-0.2, -0.15) is 0 Å². The van der Waals surface area contributed by atoms with Crippen LogP contribution in [0.25, 0.3) is 11.0 Å². The summed E-state index contributed by atoms with van der Waals surface area (Å²) < 4.78 is 5.64. The lowest BCUT2D eigenvalue weighted by atomic mass is 10.2. The number of benzene rings is 1. The molecule has 1 saturated heterocycles. The molecule has 5 heteroatoms. The van der Waals surface area contributed by atoms with Gasteiger partial charge in [-0.15, -0.1) is 0 Å². The molecular weight excluding hydrogens is 244 g/mol. The van der Waals surface area contributed by atoms with E-state index in [4.69, 9.17) is 4.42 Å². The van der Waals surface area contributed by atoms with Crippen molar-refractivity contribution in [2.24, 2.45) is 0 Å². The third kappa shape index (κ3) is 2.13. The molecular formula is C14H14N2O3. The van der Waals surface area contributed by atoms with Gasteiger partial charge in [-0.25, -0.2) is 0 Å². The number of hydrogen-bond donors (Lipinski definition) is 1. The SMILES string of the molecule is CN1C(=O)CC(NCc2cc3ccccc3o2)C1=O. The molecule has 0 saturated carbocycles. The number of amides is 2. The molecule has 1 unspecified atom stereocenters. The number of furan rings is 1. The van der Waals surface area contributed by atoms with Gasteiger partial charge in [0.05, 0.1) is 19.0 Å². The summed E-state index contributed by atoms with van der Waals surface area (Å²) in [5.74, 6) is 0.434. The first-order valence-electron chi connectivity index (χ1n) is 6.16. The molecule has 1 fully saturated rings. The molecule has 1 aromatic heterocycles. The number of fused-ring (bicyclic) bond motifs is 1. The lowest BCUT2D eigenvalue weighted by molar-refractivity contribution is -0.137. The lowest BCUT2D eigenvalue weighted by Gasteiger charge is -2.09. The summed E-state index contributed by atoms with van der Waals surface area (Å²) in [4.78, 5) is 24.3. The van der Waals surface area contributed by atoms with Gasteiger partial charge in [-0.3, -0.25) is 19.8 Å².